The van der Waals surface area contributed by atoms with Gasteiger partial charge in [0.15, 0.2) is 4.96 Å². The molecule has 110 valence electrons. The summed E-state index contributed by atoms with van der Waals surface area (Å²) in [5.41, 5.74) is 3.75. The minimum Gasteiger partial charge on any atom is -0.462 e. The van der Waals surface area contributed by atoms with Crippen LogP contribution in [0.25, 0.3) is 26.4 Å². The molecule has 0 amide bonds. The van der Waals surface area contributed by atoms with Crippen molar-refractivity contribution in [2.75, 3.05) is 6.61 Å². The number of benzene rings is 1. The number of ether oxygens (including phenoxy) is 1. The SMILES string of the molecule is CCOC(=O)c1ccc2c(c1)sc1nc(-c3ccsc3)cn12. The number of rotatable bonds is 3. The second kappa shape index (κ2) is 5.23. The number of nitrogens with zero attached hydrogens (tertiary/aromatic N) is 2. The maximum atomic E-state index is 11.8. The van der Waals surface area contributed by atoms with E-state index in [0.717, 1.165) is 26.4 Å². The Morgan fingerprint density at radius 1 is 1.36 bits per heavy atom. The van der Waals surface area contributed by atoms with Gasteiger partial charge in [-0.05, 0) is 36.6 Å². The van der Waals surface area contributed by atoms with Gasteiger partial charge in [0.05, 0.1) is 28.1 Å². The molecule has 0 atom stereocenters. The monoisotopic (exact) mass is 328 g/mol. The number of hydrogen-bond donors (Lipinski definition) is 0. The normalized spacial score (nSPS) is 11.3. The van der Waals surface area contributed by atoms with Crippen molar-refractivity contribution in [1.29, 1.82) is 0 Å². The van der Waals surface area contributed by atoms with Gasteiger partial charge in [-0.3, -0.25) is 4.40 Å². The van der Waals surface area contributed by atoms with Crippen LogP contribution in [0.5, 0.6) is 0 Å². The fourth-order valence-corrected chi connectivity index (χ4v) is 4.09. The number of hydrogen-bond acceptors (Lipinski definition) is 5. The summed E-state index contributed by atoms with van der Waals surface area (Å²) in [6, 6.07) is 7.69. The Morgan fingerprint density at radius 2 is 2.27 bits per heavy atom. The standard InChI is InChI=1S/C16H12N2O2S2/c1-2-20-15(19)10-3-4-13-14(7-10)22-16-17-12(8-18(13)16)11-5-6-21-9-11/h3-9H,2H2,1H3. The fourth-order valence-electron chi connectivity index (χ4n) is 2.39. The molecular weight excluding hydrogens is 316 g/mol. The molecule has 0 saturated carbocycles. The molecule has 3 heterocycles. The van der Waals surface area contributed by atoms with Gasteiger partial charge in [-0.2, -0.15) is 11.3 Å². The number of fused-ring (bicyclic) bond motifs is 3. The lowest BCUT2D eigenvalue weighted by atomic mass is 10.2. The second-order valence-electron chi connectivity index (χ2n) is 4.80. The van der Waals surface area contributed by atoms with E-state index in [-0.39, 0.29) is 5.97 Å². The maximum Gasteiger partial charge on any atom is 0.338 e. The first-order valence-corrected chi connectivity index (χ1v) is 8.63. The first-order chi connectivity index (χ1) is 10.8. The molecule has 0 saturated heterocycles. The molecule has 0 fully saturated rings. The molecule has 0 bridgehead atoms. The van der Waals surface area contributed by atoms with Crippen LogP contribution in [0.3, 0.4) is 0 Å². The summed E-state index contributed by atoms with van der Waals surface area (Å²) in [5.74, 6) is -0.283. The fraction of sp³-hybridized carbons (Fsp3) is 0.125. The average Bonchev–Trinajstić information content (AvgIpc) is 3.21. The third kappa shape index (κ3) is 2.12. The number of carbonyl (C=O) groups is 1. The van der Waals surface area contributed by atoms with Crippen LogP contribution in [0, 0.1) is 0 Å². The van der Waals surface area contributed by atoms with Crippen LogP contribution < -0.4 is 0 Å². The van der Waals surface area contributed by atoms with E-state index in [0.29, 0.717) is 12.2 Å². The van der Waals surface area contributed by atoms with Crippen molar-refractivity contribution < 1.29 is 9.53 Å². The summed E-state index contributed by atoms with van der Waals surface area (Å²) in [6.45, 7) is 2.19. The molecule has 22 heavy (non-hydrogen) atoms. The highest BCUT2D eigenvalue weighted by atomic mass is 32.1. The molecule has 0 N–H and O–H groups in total. The molecule has 4 rings (SSSR count). The number of thiazole rings is 1. The summed E-state index contributed by atoms with van der Waals surface area (Å²) in [4.78, 5) is 17.4. The van der Waals surface area contributed by atoms with E-state index in [1.54, 1.807) is 28.7 Å². The van der Waals surface area contributed by atoms with Crippen LogP contribution in [-0.4, -0.2) is 22.0 Å². The van der Waals surface area contributed by atoms with E-state index in [2.05, 4.69) is 20.8 Å². The minimum atomic E-state index is -0.283. The van der Waals surface area contributed by atoms with Crippen LogP contribution in [0.4, 0.5) is 0 Å². The van der Waals surface area contributed by atoms with Crippen LogP contribution in [0.15, 0.2) is 41.2 Å². The van der Waals surface area contributed by atoms with Crippen molar-refractivity contribution in [3.05, 3.63) is 46.8 Å². The van der Waals surface area contributed by atoms with Gasteiger partial charge in [-0.25, -0.2) is 9.78 Å². The third-order valence-electron chi connectivity index (χ3n) is 3.42. The van der Waals surface area contributed by atoms with Crippen LogP contribution in [0.1, 0.15) is 17.3 Å². The van der Waals surface area contributed by atoms with Gasteiger partial charge < -0.3 is 4.74 Å². The van der Waals surface area contributed by atoms with Crippen molar-refractivity contribution in [3.8, 4) is 11.3 Å². The zero-order valence-electron chi connectivity index (χ0n) is 11.8. The van der Waals surface area contributed by atoms with Crippen molar-refractivity contribution in [1.82, 2.24) is 9.38 Å². The zero-order valence-corrected chi connectivity index (χ0v) is 13.4. The lowest BCUT2D eigenvalue weighted by molar-refractivity contribution is 0.0526. The predicted octanol–water partition coefficient (Wildman–Crippen LogP) is 4.45. The Morgan fingerprint density at radius 3 is 3.05 bits per heavy atom. The largest absolute Gasteiger partial charge is 0.462 e. The summed E-state index contributed by atoms with van der Waals surface area (Å²) in [5, 5.41) is 4.14. The summed E-state index contributed by atoms with van der Waals surface area (Å²) in [7, 11) is 0. The molecule has 4 nitrogen and oxygen atoms in total. The molecule has 0 radical (unpaired) electrons. The first-order valence-electron chi connectivity index (χ1n) is 6.87. The number of esters is 1. The number of thiophene rings is 1. The molecule has 0 aliphatic carbocycles. The molecule has 0 aliphatic heterocycles. The Kier molecular flexibility index (Phi) is 3.20. The van der Waals surface area contributed by atoms with Crippen LogP contribution in [0.2, 0.25) is 0 Å². The van der Waals surface area contributed by atoms with E-state index < -0.39 is 0 Å². The van der Waals surface area contributed by atoms with Crippen LogP contribution in [-0.2, 0) is 4.74 Å². The third-order valence-corrected chi connectivity index (χ3v) is 5.12. The van der Waals surface area contributed by atoms with Crippen molar-refractivity contribution in [3.63, 3.8) is 0 Å². The molecule has 6 heteroatoms. The summed E-state index contributed by atoms with van der Waals surface area (Å²) in [6.07, 6.45) is 2.04. The van der Waals surface area contributed by atoms with Crippen LogP contribution >= 0.6 is 22.7 Å². The minimum absolute atomic E-state index is 0.283. The van der Waals surface area contributed by atoms with E-state index >= 15 is 0 Å². The molecule has 0 spiro atoms. The zero-order chi connectivity index (χ0) is 15.1. The Hall–Kier alpha value is -2.18. The summed E-state index contributed by atoms with van der Waals surface area (Å²) < 4.78 is 8.15. The van der Waals surface area contributed by atoms with Gasteiger partial charge in [0.2, 0.25) is 0 Å². The first kappa shape index (κ1) is 13.5. The highest BCUT2D eigenvalue weighted by Gasteiger charge is 2.13. The van der Waals surface area contributed by atoms with Crippen molar-refractivity contribution >= 4 is 43.8 Å². The lowest BCUT2D eigenvalue weighted by Crippen LogP contribution is -2.03. The van der Waals surface area contributed by atoms with Gasteiger partial charge in [-0.15, -0.1) is 0 Å². The number of aromatic nitrogens is 2. The summed E-state index contributed by atoms with van der Waals surface area (Å²) >= 11 is 3.24. The average molecular weight is 328 g/mol. The molecule has 4 aromatic rings. The van der Waals surface area contributed by atoms with E-state index in [9.17, 15) is 4.79 Å². The maximum absolute atomic E-state index is 11.8. The van der Waals surface area contributed by atoms with Gasteiger partial charge in [0.25, 0.3) is 0 Å². The van der Waals surface area contributed by atoms with Gasteiger partial charge in [-0.1, -0.05) is 11.3 Å². The number of carbonyl (C=O) groups excluding carboxylic acids is 1. The number of imidazole rings is 1. The molecule has 0 unspecified atom stereocenters. The van der Waals surface area contributed by atoms with Gasteiger partial charge >= 0.3 is 5.97 Å². The van der Waals surface area contributed by atoms with Crippen molar-refractivity contribution in [2.24, 2.45) is 0 Å². The molecule has 0 aliphatic rings. The second-order valence-corrected chi connectivity index (χ2v) is 6.58. The highest BCUT2D eigenvalue weighted by Crippen LogP contribution is 2.30. The highest BCUT2D eigenvalue weighted by molar-refractivity contribution is 7.23. The topological polar surface area (TPSA) is 43.6 Å². The lowest BCUT2D eigenvalue weighted by Gasteiger charge is -2.01. The Balaban J connectivity index is 1.82. The van der Waals surface area contributed by atoms with E-state index in [1.165, 1.54) is 0 Å². The van der Waals surface area contributed by atoms with E-state index in [4.69, 9.17) is 4.74 Å². The van der Waals surface area contributed by atoms with Gasteiger partial charge in [0, 0.05) is 17.1 Å². The quantitative estimate of drug-likeness (QED) is 0.522. The predicted molar refractivity (Wildman–Crippen MR) is 89.8 cm³/mol. The Bertz CT molecular complexity index is 967. The van der Waals surface area contributed by atoms with Crippen molar-refractivity contribution in [2.45, 2.75) is 6.92 Å². The Labute approximate surface area is 134 Å². The molecule has 1 aromatic carbocycles. The van der Waals surface area contributed by atoms with E-state index in [1.807, 2.05) is 30.6 Å². The van der Waals surface area contributed by atoms with Gasteiger partial charge in [0.1, 0.15) is 0 Å². The molecular formula is C16H12N2O2S2. The smallest absolute Gasteiger partial charge is 0.338 e. The molecule has 3 aromatic heterocycles.